The van der Waals surface area contributed by atoms with Crippen molar-refractivity contribution in [2.75, 3.05) is 33.4 Å². The maximum absolute atomic E-state index is 12.4. The number of morpholine rings is 1. The first kappa shape index (κ1) is 14.0. The minimum Gasteiger partial charge on any atom is -0.382 e. The van der Waals surface area contributed by atoms with E-state index in [4.69, 9.17) is 9.47 Å². The van der Waals surface area contributed by atoms with E-state index in [-0.39, 0.29) is 12.0 Å². The molecule has 1 aliphatic rings. The molecule has 0 bridgehead atoms. The molecule has 0 N–H and O–H groups in total. The minimum atomic E-state index is -0.0192. The highest BCUT2D eigenvalue weighted by Crippen LogP contribution is 2.14. The molecule has 104 valence electrons. The van der Waals surface area contributed by atoms with Crippen LogP contribution in [0.3, 0.4) is 0 Å². The van der Waals surface area contributed by atoms with Gasteiger partial charge in [0.2, 0.25) is 0 Å². The maximum atomic E-state index is 12.4. The molecule has 2 rings (SSSR count). The molecular formula is C15H21NO3. The van der Waals surface area contributed by atoms with E-state index >= 15 is 0 Å². The fraction of sp³-hybridized carbons (Fsp3) is 0.533. The molecule has 0 aromatic heterocycles. The number of ether oxygens (including phenoxy) is 2. The van der Waals surface area contributed by atoms with Crippen molar-refractivity contribution in [3.63, 3.8) is 0 Å². The molecule has 1 atom stereocenters. The molecule has 4 heteroatoms. The summed E-state index contributed by atoms with van der Waals surface area (Å²) in [5.41, 5.74) is 3.10. The summed E-state index contributed by atoms with van der Waals surface area (Å²) in [7, 11) is 1.65. The molecule has 0 aliphatic carbocycles. The van der Waals surface area contributed by atoms with E-state index in [1.807, 2.05) is 36.9 Å². The van der Waals surface area contributed by atoms with Gasteiger partial charge in [-0.05, 0) is 37.1 Å². The van der Waals surface area contributed by atoms with Crippen molar-refractivity contribution in [2.24, 2.45) is 0 Å². The second-order valence-corrected chi connectivity index (χ2v) is 5.00. The largest absolute Gasteiger partial charge is 0.382 e. The number of hydrogen-bond donors (Lipinski definition) is 0. The lowest BCUT2D eigenvalue weighted by molar-refractivity contribution is -0.0531. The van der Waals surface area contributed by atoms with Crippen LogP contribution in [0.1, 0.15) is 21.5 Å². The molecule has 1 fully saturated rings. The number of rotatable bonds is 3. The lowest BCUT2D eigenvalue weighted by Crippen LogP contribution is -2.47. The Bertz CT molecular complexity index is 457. The van der Waals surface area contributed by atoms with Crippen molar-refractivity contribution in [3.05, 3.63) is 34.9 Å². The SMILES string of the molecule is COCC1CN(C(=O)c2ccc(C)c(C)c2)CCO1. The molecule has 0 radical (unpaired) electrons. The molecular weight excluding hydrogens is 242 g/mol. The van der Waals surface area contributed by atoms with E-state index < -0.39 is 0 Å². The van der Waals surface area contributed by atoms with Crippen molar-refractivity contribution in [1.29, 1.82) is 0 Å². The van der Waals surface area contributed by atoms with Crippen LogP contribution in [0.2, 0.25) is 0 Å². The Labute approximate surface area is 114 Å². The highest BCUT2D eigenvalue weighted by molar-refractivity contribution is 5.94. The summed E-state index contributed by atoms with van der Waals surface area (Å²) >= 11 is 0. The van der Waals surface area contributed by atoms with Crippen LogP contribution in [-0.2, 0) is 9.47 Å². The zero-order chi connectivity index (χ0) is 13.8. The normalized spacial score (nSPS) is 19.5. The quantitative estimate of drug-likeness (QED) is 0.834. The van der Waals surface area contributed by atoms with Crippen molar-refractivity contribution < 1.29 is 14.3 Å². The summed E-state index contributed by atoms with van der Waals surface area (Å²) in [4.78, 5) is 14.3. The number of aryl methyl sites for hydroxylation is 2. The third-order valence-corrected chi connectivity index (χ3v) is 3.53. The summed E-state index contributed by atoms with van der Waals surface area (Å²) in [5.74, 6) is 0.0764. The number of carbonyl (C=O) groups excluding carboxylic acids is 1. The summed E-state index contributed by atoms with van der Waals surface area (Å²) in [5, 5.41) is 0. The van der Waals surface area contributed by atoms with E-state index in [0.29, 0.717) is 26.3 Å². The first-order valence-corrected chi connectivity index (χ1v) is 6.59. The third kappa shape index (κ3) is 3.33. The molecule has 19 heavy (non-hydrogen) atoms. The van der Waals surface area contributed by atoms with Gasteiger partial charge >= 0.3 is 0 Å². The smallest absolute Gasteiger partial charge is 0.254 e. The van der Waals surface area contributed by atoms with Crippen LogP contribution >= 0.6 is 0 Å². The molecule has 1 unspecified atom stereocenters. The van der Waals surface area contributed by atoms with Gasteiger partial charge in [0.05, 0.1) is 19.3 Å². The second-order valence-electron chi connectivity index (χ2n) is 5.00. The lowest BCUT2D eigenvalue weighted by atomic mass is 10.1. The predicted molar refractivity (Wildman–Crippen MR) is 73.4 cm³/mol. The van der Waals surface area contributed by atoms with Crippen LogP contribution in [0.25, 0.3) is 0 Å². The Balaban J connectivity index is 2.08. The van der Waals surface area contributed by atoms with Gasteiger partial charge in [-0.25, -0.2) is 0 Å². The van der Waals surface area contributed by atoms with Crippen LogP contribution in [0.15, 0.2) is 18.2 Å². The van der Waals surface area contributed by atoms with Gasteiger partial charge in [-0.2, -0.15) is 0 Å². The minimum absolute atomic E-state index is 0.0192. The van der Waals surface area contributed by atoms with Gasteiger partial charge < -0.3 is 14.4 Å². The molecule has 1 amide bonds. The van der Waals surface area contributed by atoms with Crippen LogP contribution in [0.4, 0.5) is 0 Å². The van der Waals surface area contributed by atoms with Crippen molar-refractivity contribution in [2.45, 2.75) is 20.0 Å². The van der Waals surface area contributed by atoms with Gasteiger partial charge in [0, 0.05) is 25.8 Å². The van der Waals surface area contributed by atoms with Gasteiger partial charge in [0.15, 0.2) is 0 Å². The van der Waals surface area contributed by atoms with Crippen molar-refractivity contribution in [1.82, 2.24) is 4.90 Å². The Morgan fingerprint density at radius 1 is 1.42 bits per heavy atom. The summed E-state index contributed by atoms with van der Waals surface area (Å²) < 4.78 is 10.6. The fourth-order valence-electron chi connectivity index (χ4n) is 2.25. The van der Waals surface area contributed by atoms with Crippen LogP contribution in [0, 0.1) is 13.8 Å². The molecule has 0 spiro atoms. The van der Waals surface area contributed by atoms with E-state index in [9.17, 15) is 4.79 Å². The molecule has 1 aliphatic heterocycles. The topological polar surface area (TPSA) is 38.8 Å². The number of benzene rings is 1. The zero-order valence-electron chi connectivity index (χ0n) is 11.8. The van der Waals surface area contributed by atoms with E-state index in [2.05, 4.69) is 0 Å². The highest BCUT2D eigenvalue weighted by Gasteiger charge is 2.25. The molecule has 1 aromatic carbocycles. The van der Waals surface area contributed by atoms with Gasteiger partial charge in [-0.15, -0.1) is 0 Å². The van der Waals surface area contributed by atoms with E-state index in [0.717, 1.165) is 11.1 Å². The maximum Gasteiger partial charge on any atom is 0.254 e. The molecule has 4 nitrogen and oxygen atoms in total. The van der Waals surface area contributed by atoms with Crippen LogP contribution in [0.5, 0.6) is 0 Å². The second kappa shape index (κ2) is 6.17. The highest BCUT2D eigenvalue weighted by atomic mass is 16.5. The van der Waals surface area contributed by atoms with Crippen LogP contribution < -0.4 is 0 Å². The molecule has 1 heterocycles. The molecule has 1 saturated heterocycles. The Morgan fingerprint density at radius 3 is 2.89 bits per heavy atom. The van der Waals surface area contributed by atoms with E-state index in [1.165, 1.54) is 5.56 Å². The van der Waals surface area contributed by atoms with Gasteiger partial charge in [-0.1, -0.05) is 6.07 Å². The number of hydrogen-bond acceptors (Lipinski definition) is 3. The first-order valence-electron chi connectivity index (χ1n) is 6.59. The van der Waals surface area contributed by atoms with E-state index in [1.54, 1.807) is 7.11 Å². The fourth-order valence-corrected chi connectivity index (χ4v) is 2.25. The number of methoxy groups -OCH3 is 1. The Hall–Kier alpha value is -1.39. The molecule has 1 aromatic rings. The summed E-state index contributed by atoms with van der Waals surface area (Å²) in [6.45, 7) is 6.42. The first-order chi connectivity index (χ1) is 9.11. The Morgan fingerprint density at radius 2 is 2.21 bits per heavy atom. The average molecular weight is 263 g/mol. The molecule has 0 saturated carbocycles. The average Bonchev–Trinajstić information content (AvgIpc) is 2.42. The predicted octanol–water partition coefficient (Wildman–Crippen LogP) is 1.79. The summed E-state index contributed by atoms with van der Waals surface area (Å²) in [6, 6.07) is 5.85. The van der Waals surface area contributed by atoms with Gasteiger partial charge in [0.1, 0.15) is 0 Å². The van der Waals surface area contributed by atoms with Crippen LogP contribution in [-0.4, -0.2) is 50.3 Å². The number of carbonyl (C=O) groups is 1. The number of nitrogens with zero attached hydrogens (tertiary/aromatic N) is 1. The lowest BCUT2D eigenvalue weighted by Gasteiger charge is -2.32. The van der Waals surface area contributed by atoms with Gasteiger partial charge in [-0.3, -0.25) is 4.79 Å². The monoisotopic (exact) mass is 263 g/mol. The Kier molecular flexibility index (Phi) is 4.56. The van der Waals surface area contributed by atoms with Gasteiger partial charge in [0.25, 0.3) is 5.91 Å². The van der Waals surface area contributed by atoms with Crippen molar-refractivity contribution >= 4 is 5.91 Å². The van der Waals surface area contributed by atoms with Crippen molar-refractivity contribution in [3.8, 4) is 0 Å². The summed E-state index contributed by atoms with van der Waals surface area (Å²) in [6.07, 6.45) is -0.0192. The number of amides is 1. The third-order valence-electron chi connectivity index (χ3n) is 3.53. The zero-order valence-corrected chi connectivity index (χ0v) is 11.8. The standard InChI is InChI=1S/C15H21NO3/c1-11-4-5-13(8-12(11)2)15(17)16-6-7-19-14(9-16)10-18-3/h4-5,8,14H,6-7,9-10H2,1-3H3.